The minimum atomic E-state index is -0.158. The molecule has 1 aromatic carbocycles. The second kappa shape index (κ2) is 6.51. The van der Waals surface area contributed by atoms with Crippen LogP contribution in [-0.4, -0.2) is 28.2 Å². The summed E-state index contributed by atoms with van der Waals surface area (Å²) in [7, 11) is 0. The largest absolute Gasteiger partial charge is 0.493 e. The number of aromatic nitrogens is 2. The normalized spacial score (nSPS) is 18.0. The number of carbonyl (C=O) groups is 1. The lowest BCUT2D eigenvalue weighted by Crippen LogP contribution is -2.44. The molecule has 2 atom stereocenters. The number of amides is 2. The van der Waals surface area contributed by atoms with Crippen molar-refractivity contribution in [3.8, 4) is 5.75 Å². The Hall–Kier alpha value is -2.50. The molecule has 6 nitrogen and oxygen atoms in total. The fourth-order valence-corrected chi connectivity index (χ4v) is 2.67. The van der Waals surface area contributed by atoms with Gasteiger partial charge >= 0.3 is 6.03 Å². The van der Waals surface area contributed by atoms with Gasteiger partial charge in [0.2, 0.25) is 0 Å². The smallest absolute Gasteiger partial charge is 0.315 e. The lowest BCUT2D eigenvalue weighted by molar-refractivity contribution is 0.220. The molecule has 6 heteroatoms. The molecule has 1 aromatic heterocycles. The molecule has 1 aliphatic heterocycles. The van der Waals surface area contributed by atoms with Gasteiger partial charge in [0.1, 0.15) is 5.75 Å². The highest BCUT2D eigenvalue weighted by molar-refractivity contribution is 5.75. The number of hydrogen-bond donors (Lipinski definition) is 2. The zero-order chi connectivity index (χ0) is 15.4. The van der Waals surface area contributed by atoms with Crippen LogP contribution < -0.4 is 15.4 Å². The Bertz CT molecular complexity index is 627. The van der Waals surface area contributed by atoms with Crippen LogP contribution >= 0.6 is 0 Å². The van der Waals surface area contributed by atoms with Gasteiger partial charge in [-0.2, -0.15) is 0 Å². The first-order valence-electron chi connectivity index (χ1n) is 7.47. The quantitative estimate of drug-likeness (QED) is 0.908. The zero-order valence-electron chi connectivity index (χ0n) is 12.5. The first-order chi connectivity index (χ1) is 10.7. The Balaban J connectivity index is 1.56. The maximum absolute atomic E-state index is 12.2. The Morgan fingerprint density at radius 1 is 1.50 bits per heavy atom. The molecule has 0 radical (unpaired) electrons. The molecule has 1 aliphatic rings. The fourth-order valence-electron chi connectivity index (χ4n) is 2.67. The lowest BCUT2D eigenvalue weighted by atomic mass is 10.0. The maximum atomic E-state index is 12.2. The molecular formula is C16H20N4O2. The molecule has 2 amide bonds. The standard InChI is InChI=1S/C16H20N4O2/c1-12(10-20-8-7-17-11-20)18-16(21)19-14-6-9-22-15-5-3-2-4-13(14)15/h2-5,7-8,11-12,14H,6,9-10H2,1H3,(H2,18,19,21)/t12-,14-/m1/s1. The number of fused-ring (bicyclic) bond motifs is 1. The van der Waals surface area contributed by atoms with Crippen molar-refractivity contribution < 1.29 is 9.53 Å². The topological polar surface area (TPSA) is 68.2 Å². The highest BCUT2D eigenvalue weighted by atomic mass is 16.5. The fraction of sp³-hybridized carbons (Fsp3) is 0.375. The number of nitrogens with one attached hydrogen (secondary N) is 2. The molecular weight excluding hydrogens is 280 g/mol. The van der Waals surface area contributed by atoms with Crippen molar-refractivity contribution in [2.45, 2.75) is 32.0 Å². The number of nitrogens with zero attached hydrogens (tertiary/aromatic N) is 2. The van der Waals surface area contributed by atoms with Gasteiger partial charge < -0.3 is 19.9 Å². The monoisotopic (exact) mass is 300 g/mol. The van der Waals surface area contributed by atoms with Gasteiger partial charge in [0.15, 0.2) is 0 Å². The second-order valence-electron chi connectivity index (χ2n) is 5.51. The Morgan fingerprint density at radius 2 is 2.36 bits per heavy atom. The predicted molar refractivity (Wildman–Crippen MR) is 82.7 cm³/mol. The summed E-state index contributed by atoms with van der Waals surface area (Å²) in [5.41, 5.74) is 1.03. The van der Waals surface area contributed by atoms with E-state index in [4.69, 9.17) is 4.74 Å². The summed E-state index contributed by atoms with van der Waals surface area (Å²) in [6.07, 6.45) is 6.13. The van der Waals surface area contributed by atoms with Crippen LogP contribution in [0.15, 0.2) is 43.0 Å². The van der Waals surface area contributed by atoms with E-state index in [2.05, 4.69) is 15.6 Å². The summed E-state index contributed by atoms with van der Waals surface area (Å²) in [5.74, 6) is 0.852. The SMILES string of the molecule is C[C@H](Cn1ccnc1)NC(=O)N[C@@H]1CCOc2ccccc21. The number of ether oxygens (including phenoxy) is 1. The van der Waals surface area contributed by atoms with Crippen LogP contribution in [0.2, 0.25) is 0 Å². The number of rotatable bonds is 4. The molecule has 2 aromatic rings. The average Bonchev–Trinajstić information content (AvgIpc) is 3.00. The van der Waals surface area contributed by atoms with Crippen molar-refractivity contribution in [2.24, 2.45) is 0 Å². The number of imidazole rings is 1. The van der Waals surface area contributed by atoms with Gasteiger partial charge in [-0.1, -0.05) is 18.2 Å². The van der Waals surface area contributed by atoms with Gasteiger partial charge in [-0.15, -0.1) is 0 Å². The number of urea groups is 1. The Labute approximate surface area is 129 Å². The molecule has 0 saturated carbocycles. The van der Waals surface area contributed by atoms with Crippen LogP contribution in [0.1, 0.15) is 24.9 Å². The molecule has 0 aliphatic carbocycles. The van der Waals surface area contributed by atoms with Gasteiger partial charge in [0.25, 0.3) is 0 Å². The Morgan fingerprint density at radius 3 is 3.18 bits per heavy atom. The van der Waals surface area contributed by atoms with Crippen LogP contribution in [0, 0.1) is 0 Å². The summed E-state index contributed by atoms with van der Waals surface area (Å²) in [6, 6.07) is 7.68. The van der Waals surface area contributed by atoms with Crippen molar-refractivity contribution in [1.82, 2.24) is 20.2 Å². The van der Waals surface area contributed by atoms with Crippen molar-refractivity contribution in [1.29, 1.82) is 0 Å². The van der Waals surface area contributed by atoms with E-state index in [0.29, 0.717) is 13.2 Å². The van der Waals surface area contributed by atoms with Gasteiger partial charge in [0.05, 0.1) is 19.0 Å². The minimum absolute atomic E-state index is 0.00889. The van der Waals surface area contributed by atoms with Gasteiger partial charge in [-0.05, 0) is 13.0 Å². The molecule has 3 rings (SSSR count). The van der Waals surface area contributed by atoms with E-state index in [1.54, 1.807) is 12.5 Å². The van der Waals surface area contributed by atoms with Gasteiger partial charge in [-0.25, -0.2) is 9.78 Å². The number of benzene rings is 1. The third-order valence-electron chi connectivity index (χ3n) is 3.69. The Kier molecular flexibility index (Phi) is 4.27. The zero-order valence-corrected chi connectivity index (χ0v) is 12.5. The molecule has 0 saturated heterocycles. The highest BCUT2D eigenvalue weighted by Gasteiger charge is 2.22. The molecule has 116 valence electrons. The third kappa shape index (κ3) is 3.39. The van der Waals surface area contributed by atoms with E-state index in [1.807, 2.05) is 42.0 Å². The molecule has 0 bridgehead atoms. The predicted octanol–water partition coefficient (Wildman–Crippen LogP) is 2.09. The molecule has 2 N–H and O–H groups in total. The van der Waals surface area contributed by atoms with Crippen molar-refractivity contribution in [3.63, 3.8) is 0 Å². The summed E-state index contributed by atoms with van der Waals surface area (Å²) in [6.45, 7) is 3.28. The summed E-state index contributed by atoms with van der Waals surface area (Å²) < 4.78 is 7.54. The molecule has 22 heavy (non-hydrogen) atoms. The minimum Gasteiger partial charge on any atom is -0.493 e. The van der Waals surface area contributed by atoms with Crippen LogP contribution in [-0.2, 0) is 6.54 Å². The van der Waals surface area contributed by atoms with E-state index in [0.717, 1.165) is 17.7 Å². The van der Waals surface area contributed by atoms with Crippen LogP contribution in [0.25, 0.3) is 0 Å². The first kappa shape index (κ1) is 14.4. The lowest BCUT2D eigenvalue weighted by Gasteiger charge is -2.27. The number of hydrogen-bond acceptors (Lipinski definition) is 3. The van der Waals surface area contributed by atoms with Gasteiger partial charge in [0, 0.05) is 37.0 Å². The molecule has 0 spiro atoms. The average molecular weight is 300 g/mol. The van der Waals surface area contributed by atoms with E-state index < -0.39 is 0 Å². The molecule has 0 unspecified atom stereocenters. The second-order valence-corrected chi connectivity index (χ2v) is 5.51. The van der Waals surface area contributed by atoms with Crippen LogP contribution in [0.5, 0.6) is 5.75 Å². The molecule has 2 heterocycles. The van der Waals surface area contributed by atoms with Crippen molar-refractivity contribution in [2.75, 3.05) is 6.61 Å². The van der Waals surface area contributed by atoms with Gasteiger partial charge in [-0.3, -0.25) is 0 Å². The first-order valence-corrected chi connectivity index (χ1v) is 7.47. The van der Waals surface area contributed by atoms with Crippen molar-refractivity contribution >= 4 is 6.03 Å². The van der Waals surface area contributed by atoms with E-state index in [9.17, 15) is 4.79 Å². The van der Waals surface area contributed by atoms with Crippen LogP contribution in [0.4, 0.5) is 4.79 Å². The maximum Gasteiger partial charge on any atom is 0.315 e. The summed E-state index contributed by atoms with van der Waals surface area (Å²) in [4.78, 5) is 16.2. The summed E-state index contributed by atoms with van der Waals surface area (Å²) in [5, 5.41) is 5.99. The number of carbonyl (C=O) groups excluding carboxylic acids is 1. The van der Waals surface area contributed by atoms with Crippen molar-refractivity contribution in [3.05, 3.63) is 48.5 Å². The molecule has 0 fully saturated rings. The summed E-state index contributed by atoms with van der Waals surface area (Å²) >= 11 is 0. The number of para-hydroxylation sites is 1. The van der Waals surface area contributed by atoms with Crippen LogP contribution in [0.3, 0.4) is 0 Å². The van der Waals surface area contributed by atoms with E-state index in [1.165, 1.54) is 0 Å². The third-order valence-corrected chi connectivity index (χ3v) is 3.69. The van der Waals surface area contributed by atoms with E-state index in [-0.39, 0.29) is 18.1 Å². The van der Waals surface area contributed by atoms with E-state index >= 15 is 0 Å². The highest BCUT2D eigenvalue weighted by Crippen LogP contribution is 2.31.